The van der Waals surface area contributed by atoms with E-state index in [1.165, 1.54) is 12.1 Å². The van der Waals surface area contributed by atoms with E-state index in [2.05, 4.69) is 0 Å². The molecule has 3 aromatic carbocycles. The molecule has 1 amide bonds. The first-order valence-corrected chi connectivity index (χ1v) is 13.6. The van der Waals surface area contributed by atoms with Gasteiger partial charge in [0.15, 0.2) is 0 Å². The van der Waals surface area contributed by atoms with Crippen LogP contribution in [0, 0.1) is 0 Å². The van der Waals surface area contributed by atoms with Crippen molar-refractivity contribution < 1.29 is 38.7 Å². The SMILES string of the molecule is COCCOc1ccc(C[C@H](N)C(=O)OCC(O)CN(CCOc2ccc(C(N)=O)c(O)c2)Cc2ccccc2)cc1. The highest BCUT2D eigenvalue weighted by Gasteiger charge is 2.19. The summed E-state index contributed by atoms with van der Waals surface area (Å²) in [6.07, 6.45) is -0.687. The van der Waals surface area contributed by atoms with Gasteiger partial charge in [0, 0.05) is 32.8 Å². The third-order valence-corrected chi connectivity index (χ3v) is 6.28. The van der Waals surface area contributed by atoms with Crippen molar-refractivity contribution in [2.45, 2.75) is 25.1 Å². The Hall–Kier alpha value is -4.16. The second-order valence-electron chi connectivity index (χ2n) is 9.69. The molecule has 0 saturated carbocycles. The first-order chi connectivity index (χ1) is 20.2. The van der Waals surface area contributed by atoms with Crippen molar-refractivity contribution in [3.63, 3.8) is 0 Å². The van der Waals surface area contributed by atoms with Crippen LogP contribution in [0.15, 0.2) is 72.8 Å². The number of amides is 1. The van der Waals surface area contributed by atoms with E-state index < -0.39 is 24.0 Å². The number of nitrogens with zero attached hydrogens (tertiary/aromatic N) is 1. The number of carbonyl (C=O) groups excluding carboxylic acids is 2. The van der Waals surface area contributed by atoms with Crippen LogP contribution in [-0.4, -0.2) is 85.8 Å². The van der Waals surface area contributed by atoms with Crippen LogP contribution >= 0.6 is 0 Å². The fourth-order valence-corrected chi connectivity index (χ4v) is 4.12. The first-order valence-electron chi connectivity index (χ1n) is 13.6. The van der Waals surface area contributed by atoms with Gasteiger partial charge in [0.1, 0.15) is 49.2 Å². The predicted molar refractivity (Wildman–Crippen MR) is 156 cm³/mol. The molecule has 3 rings (SSSR count). The summed E-state index contributed by atoms with van der Waals surface area (Å²) in [6, 6.07) is 20.4. The first kappa shape index (κ1) is 32.4. The predicted octanol–water partition coefficient (Wildman–Crippen LogP) is 1.87. The summed E-state index contributed by atoms with van der Waals surface area (Å²) in [6.45, 7) is 2.09. The Morgan fingerprint density at radius 1 is 0.905 bits per heavy atom. The number of hydrogen-bond acceptors (Lipinski definition) is 10. The zero-order valence-electron chi connectivity index (χ0n) is 23.7. The average Bonchev–Trinajstić information content (AvgIpc) is 2.97. The lowest BCUT2D eigenvalue weighted by molar-refractivity contribution is -0.148. The van der Waals surface area contributed by atoms with Crippen LogP contribution in [-0.2, 0) is 27.2 Å². The summed E-state index contributed by atoms with van der Waals surface area (Å²) in [5.74, 6) is -0.539. The van der Waals surface area contributed by atoms with Crippen LogP contribution < -0.4 is 20.9 Å². The number of rotatable bonds is 18. The molecule has 0 heterocycles. The van der Waals surface area contributed by atoms with E-state index in [-0.39, 0.29) is 37.5 Å². The van der Waals surface area contributed by atoms with E-state index in [9.17, 15) is 19.8 Å². The Bertz CT molecular complexity index is 1260. The minimum absolute atomic E-state index is 0.00618. The van der Waals surface area contributed by atoms with Crippen molar-refractivity contribution in [1.82, 2.24) is 4.90 Å². The van der Waals surface area contributed by atoms with Crippen LogP contribution in [0.4, 0.5) is 0 Å². The molecule has 0 aliphatic rings. The lowest BCUT2D eigenvalue weighted by Gasteiger charge is -2.25. The van der Waals surface area contributed by atoms with Gasteiger partial charge in [0.05, 0.1) is 12.2 Å². The summed E-state index contributed by atoms with van der Waals surface area (Å²) >= 11 is 0. The van der Waals surface area contributed by atoms with E-state index in [4.69, 9.17) is 30.4 Å². The highest BCUT2D eigenvalue weighted by Crippen LogP contribution is 2.23. The molecule has 1 unspecified atom stereocenters. The molecule has 0 aromatic heterocycles. The number of primary amides is 1. The van der Waals surface area contributed by atoms with Crippen LogP contribution in [0.2, 0.25) is 0 Å². The lowest BCUT2D eigenvalue weighted by Crippen LogP contribution is -2.40. The molecule has 0 radical (unpaired) electrons. The molecule has 2 atom stereocenters. The molecule has 226 valence electrons. The third-order valence-electron chi connectivity index (χ3n) is 6.28. The molecule has 42 heavy (non-hydrogen) atoms. The van der Waals surface area contributed by atoms with Gasteiger partial charge in [-0.05, 0) is 41.8 Å². The number of aromatic hydroxyl groups is 1. The van der Waals surface area contributed by atoms with Gasteiger partial charge in [0.2, 0.25) is 0 Å². The Kier molecular flexibility index (Phi) is 13.1. The van der Waals surface area contributed by atoms with Crippen molar-refractivity contribution >= 4 is 11.9 Å². The number of methoxy groups -OCH3 is 1. The van der Waals surface area contributed by atoms with Crippen molar-refractivity contribution in [3.05, 3.63) is 89.5 Å². The summed E-state index contributed by atoms with van der Waals surface area (Å²) in [4.78, 5) is 25.8. The molecule has 0 fully saturated rings. The van der Waals surface area contributed by atoms with Gasteiger partial charge in [-0.15, -0.1) is 0 Å². The van der Waals surface area contributed by atoms with Crippen LogP contribution in [0.25, 0.3) is 0 Å². The van der Waals surface area contributed by atoms with Gasteiger partial charge in [-0.2, -0.15) is 0 Å². The molecule has 0 bridgehead atoms. The number of hydrogen-bond donors (Lipinski definition) is 4. The standard InChI is InChI=1S/C31H39N3O8/c1-39-15-16-41-25-9-7-22(8-10-25)17-28(32)31(38)42-21-24(35)20-34(19-23-5-3-2-4-6-23)13-14-40-26-11-12-27(30(33)37)29(36)18-26/h2-12,18,24,28,35-36H,13-17,19-21,32H2,1H3,(H2,33,37)/t24?,28-/m0/s1. The Morgan fingerprint density at radius 3 is 2.26 bits per heavy atom. The number of aliphatic hydroxyl groups is 1. The summed E-state index contributed by atoms with van der Waals surface area (Å²) in [7, 11) is 1.60. The second kappa shape index (κ2) is 16.9. The molecule has 11 nitrogen and oxygen atoms in total. The van der Waals surface area contributed by atoms with Gasteiger partial charge < -0.3 is 40.6 Å². The van der Waals surface area contributed by atoms with E-state index >= 15 is 0 Å². The van der Waals surface area contributed by atoms with Crippen molar-refractivity contribution in [1.29, 1.82) is 0 Å². The van der Waals surface area contributed by atoms with Crippen molar-refractivity contribution in [2.24, 2.45) is 11.5 Å². The molecule has 3 aromatic rings. The summed E-state index contributed by atoms with van der Waals surface area (Å²) < 4.78 is 21.6. The molecular formula is C31H39N3O8. The molecule has 0 spiro atoms. The zero-order valence-corrected chi connectivity index (χ0v) is 23.7. The van der Waals surface area contributed by atoms with E-state index in [0.29, 0.717) is 37.8 Å². The third kappa shape index (κ3) is 11.0. The van der Waals surface area contributed by atoms with E-state index in [0.717, 1.165) is 11.1 Å². The Morgan fingerprint density at radius 2 is 1.60 bits per heavy atom. The number of benzene rings is 3. The van der Waals surface area contributed by atoms with E-state index in [1.54, 1.807) is 25.3 Å². The Labute approximate surface area is 245 Å². The highest BCUT2D eigenvalue weighted by atomic mass is 16.5. The number of esters is 1. The molecular weight excluding hydrogens is 542 g/mol. The van der Waals surface area contributed by atoms with Gasteiger partial charge in [-0.25, -0.2) is 0 Å². The quantitative estimate of drug-likeness (QED) is 0.129. The fraction of sp³-hybridized carbons (Fsp3) is 0.355. The second-order valence-corrected chi connectivity index (χ2v) is 9.69. The number of aliphatic hydroxyl groups excluding tert-OH is 1. The number of ether oxygens (including phenoxy) is 4. The average molecular weight is 582 g/mol. The smallest absolute Gasteiger partial charge is 0.323 e. The number of phenols is 1. The maximum absolute atomic E-state index is 12.5. The molecule has 0 saturated heterocycles. The Balaban J connectivity index is 1.48. The van der Waals surface area contributed by atoms with Crippen LogP contribution in [0.3, 0.4) is 0 Å². The molecule has 0 aliphatic carbocycles. The molecule has 11 heteroatoms. The molecule has 6 N–H and O–H groups in total. The monoisotopic (exact) mass is 581 g/mol. The van der Waals surface area contributed by atoms with Gasteiger partial charge in [-0.1, -0.05) is 42.5 Å². The minimum atomic E-state index is -0.965. The normalized spacial score (nSPS) is 12.5. The largest absolute Gasteiger partial charge is 0.507 e. The lowest BCUT2D eigenvalue weighted by atomic mass is 10.1. The summed E-state index contributed by atoms with van der Waals surface area (Å²) in [5, 5.41) is 20.6. The van der Waals surface area contributed by atoms with Crippen molar-refractivity contribution in [2.75, 3.05) is 46.6 Å². The van der Waals surface area contributed by atoms with Crippen LogP contribution in [0.5, 0.6) is 17.2 Å². The fourth-order valence-electron chi connectivity index (χ4n) is 4.12. The van der Waals surface area contributed by atoms with E-state index in [1.807, 2.05) is 47.4 Å². The molecule has 0 aliphatic heterocycles. The van der Waals surface area contributed by atoms with Gasteiger partial charge in [-0.3, -0.25) is 14.5 Å². The van der Waals surface area contributed by atoms with Crippen molar-refractivity contribution in [3.8, 4) is 17.2 Å². The highest BCUT2D eigenvalue weighted by molar-refractivity contribution is 5.95. The number of carbonyl (C=O) groups is 2. The maximum Gasteiger partial charge on any atom is 0.323 e. The maximum atomic E-state index is 12.5. The topological polar surface area (TPSA) is 167 Å². The minimum Gasteiger partial charge on any atom is -0.507 e. The number of nitrogens with two attached hydrogens (primary N) is 2. The zero-order chi connectivity index (χ0) is 30.3. The van der Waals surface area contributed by atoms with Crippen LogP contribution in [0.1, 0.15) is 21.5 Å². The van der Waals surface area contributed by atoms with Gasteiger partial charge in [0.25, 0.3) is 5.91 Å². The summed E-state index contributed by atoms with van der Waals surface area (Å²) in [5.41, 5.74) is 13.2. The van der Waals surface area contributed by atoms with Gasteiger partial charge >= 0.3 is 5.97 Å².